The van der Waals surface area contributed by atoms with Crippen molar-refractivity contribution in [1.29, 1.82) is 0 Å². The third-order valence-corrected chi connectivity index (χ3v) is 11.2. The predicted octanol–water partition coefficient (Wildman–Crippen LogP) is 8.17. The Morgan fingerprint density at radius 1 is 0.878 bits per heavy atom. The van der Waals surface area contributed by atoms with Crippen molar-refractivity contribution in [2.45, 2.75) is 51.9 Å². The standard InChI is InChI=1S/C33H37Cl3N4O/c1-21-30(37-40(29-7-6-27(35)17-28(29)36)31(21)25-2-4-26(34)5-3-25)32(41)39-12-10-38(11-13-39)9-8-33-18-22-14-23(19-33)16-24(15-22)20-33/h2-7,17,22-24H,8-16,18-20H2,1H3. The van der Waals surface area contributed by atoms with Crippen LogP contribution in [0.4, 0.5) is 0 Å². The summed E-state index contributed by atoms with van der Waals surface area (Å²) in [7, 11) is 0. The van der Waals surface area contributed by atoms with Crippen molar-refractivity contribution in [1.82, 2.24) is 19.6 Å². The zero-order valence-corrected chi connectivity index (χ0v) is 25.9. The van der Waals surface area contributed by atoms with E-state index in [-0.39, 0.29) is 5.91 Å². The van der Waals surface area contributed by atoms with Crippen LogP contribution in [0.1, 0.15) is 61.0 Å². The van der Waals surface area contributed by atoms with Crippen molar-refractivity contribution >= 4 is 40.7 Å². The van der Waals surface area contributed by atoms with Crippen LogP contribution < -0.4 is 0 Å². The van der Waals surface area contributed by atoms with E-state index >= 15 is 0 Å². The summed E-state index contributed by atoms with van der Waals surface area (Å²) in [6.07, 6.45) is 10.2. The number of amides is 1. The number of rotatable bonds is 6. The number of halogens is 3. The lowest BCUT2D eigenvalue weighted by atomic mass is 9.49. The van der Waals surface area contributed by atoms with Gasteiger partial charge in [0.25, 0.3) is 5.91 Å². The van der Waals surface area contributed by atoms with E-state index in [1.165, 1.54) is 44.9 Å². The minimum absolute atomic E-state index is 0.0257. The fourth-order valence-corrected chi connectivity index (χ4v) is 9.40. The second kappa shape index (κ2) is 10.9. The summed E-state index contributed by atoms with van der Waals surface area (Å²) >= 11 is 19.0. The van der Waals surface area contributed by atoms with Gasteiger partial charge in [0.05, 0.1) is 16.4 Å². The summed E-state index contributed by atoms with van der Waals surface area (Å²) in [5.41, 5.74) is 4.31. The van der Waals surface area contributed by atoms with Crippen molar-refractivity contribution < 1.29 is 4.79 Å². The lowest BCUT2D eigenvalue weighted by Crippen LogP contribution is -2.51. The highest BCUT2D eigenvalue weighted by Gasteiger charge is 2.50. The fourth-order valence-electron chi connectivity index (χ4n) is 8.79. The maximum atomic E-state index is 13.9. The van der Waals surface area contributed by atoms with Gasteiger partial charge in [0, 0.05) is 47.4 Å². The van der Waals surface area contributed by atoms with Gasteiger partial charge in [-0.2, -0.15) is 5.10 Å². The van der Waals surface area contributed by atoms with E-state index in [9.17, 15) is 4.79 Å². The lowest BCUT2D eigenvalue weighted by Gasteiger charge is -2.57. The highest BCUT2D eigenvalue weighted by atomic mass is 35.5. The van der Waals surface area contributed by atoms with E-state index in [1.54, 1.807) is 16.8 Å². The Bertz CT molecular complexity index is 1420. The molecule has 8 heteroatoms. The molecule has 8 rings (SSSR count). The molecule has 41 heavy (non-hydrogen) atoms. The van der Waals surface area contributed by atoms with Gasteiger partial charge in [0.2, 0.25) is 0 Å². The first-order valence-corrected chi connectivity index (χ1v) is 16.2. The molecule has 4 saturated carbocycles. The first kappa shape index (κ1) is 27.8. The predicted molar refractivity (Wildman–Crippen MR) is 166 cm³/mol. The van der Waals surface area contributed by atoms with Crippen LogP contribution in [-0.2, 0) is 0 Å². The molecule has 5 fully saturated rings. The Balaban J connectivity index is 1.07. The smallest absolute Gasteiger partial charge is 0.274 e. The summed E-state index contributed by atoms with van der Waals surface area (Å²) in [5, 5.41) is 6.53. The topological polar surface area (TPSA) is 41.4 Å². The van der Waals surface area contributed by atoms with Crippen LogP contribution in [0.3, 0.4) is 0 Å². The van der Waals surface area contributed by atoms with Gasteiger partial charge in [0.15, 0.2) is 5.69 Å². The Hall–Kier alpha value is -2.05. The van der Waals surface area contributed by atoms with E-state index in [0.717, 1.165) is 67.3 Å². The minimum atomic E-state index is -0.0257. The van der Waals surface area contributed by atoms with Crippen molar-refractivity contribution in [3.8, 4) is 16.9 Å². The van der Waals surface area contributed by atoms with E-state index in [0.29, 0.717) is 31.9 Å². The maximum absolute atomic E-state index is 13.9. The summed E-state index contributed by atoms with van der Waals surface area (Å²) in [4.78, 5) is 18.4. The molecule has 4 aliphatic carbocycles. The van der Waals surface area contributed by atoms with Gasteiger partial charge < -0.3 is 4.90 Å². The third kappa shape index (κ3) is 5.33. The number of carbonyl (C=O) groups excluding carboxylic acids is 1. The van der Waals surface area contributed by atoms with E-state index < -0.39 is 0 Å². The van der Waals surface area contributed by atoms with Crippen LogP contribution in [0.25, 0.3) is 16.9 Å². The zero-order chi connectivity index (χ0) is 28.3. The summed E-state index contributed by atoms with van der Waals surface area (Å²) < 4.78 is 1.77. The van der Waals surface area contributed by atoms with Crippen molar-refractivity contribution in [3.63, 3.8) is 0 Å². The van der Waals surface area contributed by atoms with Crippen molar-refractivity contribution in [2.24, 2.45) is 23.2 Å². The van der Waals surface area contributed by atoms with Crippen LogP contribution in [0.5, 0.6) is 0 Å². The Morgan fingerprint density at radius 2 is 1.49 bits per heavy atom. The third-order valence-electron chi connectivity index (χ3n) is 10.4. The Morgan fingerprint density at radius 3 is 2.10 bits per heavy atom. The number of benzene rings is 2. The number of piperazine rings is 1. The number of nitrogens with zero attached hydrogens (tertiary/aromatic N) is 4. The van der Waals surface area contributed by atoms with Gasteiger partial charge in [-0.25, -0.2) is 4.68 Å². The zero-order valence-electron chi connectivity index (χ0n) is 23.6. The number of aromatic nitrogens is 2. The second-order valence-corrected chi connectivity index (χ2v) is 14.4. The van der Waals surface area contributed by atoms with E-state index in [4.69, 9.17) is 39.9 Å². The second-order valence-electron chi connectivity index (χ2n) is 13.1. The van der Waals surface area contributed by atoms with E-state index in [1.807, 2.05) is 42.2 Å². The van der Waals surface area contributed by atoms with Gasteiger partial charge in [-0.05, 0) is 112 Å². The van der Waals surface area contributed by atoms with Crippen LogP contribution >= 0.6 is 34.8 Å². The normalized spacial score (nSPS) is 27.5. The van der Waals surface area contributed by atoms with Crippen LogP contribution in [-0.4, -0.2) is 58.2 Å². The van der Waals surface area contributed by atoms with Gasteiger partial charge in [0.1, 0.15) is 0 Å². The molecule has 0 atom stereocenters. The molecule has 5 nitrogen and oxygen atoms in total. The lowest BCUT2D eigenvalue weighted by molar-refractivity contribution is -0.0620. The Kier molecular flexibility index (Phi) is 7.38. The molecule has 1 aliphatic heterocycles. The summed E-state index contributed by atoms with van der Waals surface area (Å²) in [5.74, 6) is 2.97. The molecule has 0 N–H and O–H groups in total. The highest BCUT2D eigenvalue weighted by molar-refractivity contribution is 6.35. The summed E-state index contributed by atoms with van der Waals surface area (Å²) in [6.45, 7) is 6.42. The minimum Gasteiger partial charge on any atom is -0.335 e. The average molecular weight is 612 g/mol. The molecule has 3 aromatic rings. The fraction of sp³-hybridized carbons (Fsp3) is 0.515. The first-order chi connectivity index (χ1) is 19.8. The molecule has 216 valence electrons. The summed E-state index contributed by atoms with van der Waals surface area (Å²) in [6, 6.07) is 12.9. The highest BCUT2D eigenvalue weighted by Crippen LogP contribution is 2.61. The average Bonchev–Trinajstić information content (AvgIpc) is 3.28. The molecule has 0 spiro atoms. The largest absolute Gasteiger partial charge is 0.335 e. The van der Waals surface area contributed by atoms with Crippen molar-refractivity contribution in [2.75, 3.05) is 32.7 Å². The van der Waals surface area contributed by atoms with Crippen LogP contribution in [0, 0.1) is 30.1 Å². The molecule has 5 aliphatic rings. The number of hydrogen-bond acceptors (Lipinski definition) is 3. The molecule has 0 unspecified atom stereocenters. The molecule has 2 heterocycles. The van der Waals surface area contributed by atoms with Crippen LogP contribution in [0.15, 0.2) is 42.5 Å². The molecular formula is C33H37Cl3N4O. The molecule has 1 amide bonds. The van der Waals surface area contributed by atoms with Gasteiger partial charge >= 0.3 is 0 Å². The maximum Gasteiger partial charge on any atom is 0.274 e. The first-order valence-electron chi connectivity index (χ1n) is 15.1. The monoisotopic (exact) mass is 610 g/mol. The van der Waals surface area contributed by atoms with Gasteiger partial charge in [-0.1, -0.05) is 46.9 Å². The van der Waals surface area contributed by atoms with Gasteiger partial charge in [-0.3, -0.25) is 9.69 Å². The van der Waals surface area contributed by atoms with Gasteiger partial charge in [-0.15, -0.1) is 0 Å². The molecule has 4 bridgehead atoms. The molecule has 1 aromatic heterocycles. The number of hydrogen-bond donors (Lipinski definition) is 0. The van der Waals surface area contributed by atoms with Crippen LogP contribution in [0.2, 0.25) is 15.1 Å². The Labute approximate surface area is 257 Å². The SMILES string of the molecule is Cc1c(C(=O)N2CCN(CCC34CC5CC(CC(C5)C3)C4)CC2)nn(-c2ccc(Cl)cc2Cl)c1-c1ccc(Cl)cc1. The van der Waals surface area contributed by atoms with E-state index in [2.05, 4.69) is 4.90 Å². The molecule has 1 saturated heterocycles. The number of carbonyl (C=O) groups is 1. The van der Waals surface area contributed by atoms with Crippen molar-refractivity contribution in [3.05, 3.63) is 68.8 Å². The molecule has 0 radical (unpaired) electrons. The molecule has 2 aromatic carbocycles. The molecular weight excluding hydrogens is 575 g/mol. The quantitative estimate of drug-likeness (QED) is 0.282.